The largest absolute Gasteiger partial charge is 0.508 e. The number of guanidine groups is 1. The fraction of sp³-hybridized carbons (Fsp3) is 0.525. The van der Waals surface area contributed by atoms with Gasteiger partial charge in [-0.1, -0.05) is 38.1 Å². The lowest BCUT2D eigenvalue weighted by Crippen LogP contribution is -2.60. The topological polar surface area (TPSA) is 609 Å². The Morgan fingerprint density at radius 3 is 1.53 bits per heavy atom. The standard InChI is InChI=1S/C59H87N17O20S/c1-28(2)19-36(67-30(4)79)52(90)71-37(20-31-9-13-33(80)14-10-31)53(91)69-35(7-5-17-64-59(62)63)51(89)66-29(3)49(87)70-39(22-45(60)82)50(88)65-24-46(83)68-40(23-47(84)85)55(93)74-42(26-78)58(96)76-18-6-8-44(76)57(95)75-43(27-97)56(94)72-38(21-32-11-15-34(81)16-12-32)54(92)73-41(25-77)48(61)86/h9-16,28-29,35-44,77-78,80-81,97H,5-8,17-27H2,1-4H3,(H2,60,82)(H2,61,86)(H,65,88)(H,66,89)(H,67,79)(H,68,83)(H,69,91)(H,70,87)(H,71,90)(H,72,94)(H,73,92)(H,74,93)(H,75,95)(H,84,85)(H4,62,63,64)/t29-,35-,36-,37-,38-,39-,40-,41-,42-,43-,44-/m0/s1. The monoisotopic (exact) mass is 1390 g/mol. The van der Waals surface area contributed by atoms with Crippen LogP contribution in [0.5, 0.6) is 11.5 Å². The van der Waals surface area contributed by atoms with Gasteiger partial charge in [-0.2, -0.15) is 12.6 Å². The second kappa shape index (κ2) is 40.1. The minimum atomic E-state index is -2.02. The molecule has 0 aliphatic carbocycles. The van der Waals surface area contributed by atoms with Crippen molar-refractivity contribution >= 4 is 107 Å². The van der Waals surface area contributed by atoms with E-state index in [1.807, 2.05) is 13.8 Å². The fourth-order valence-electron chi connectivity index (χ4n) is 9.60. The van der Waals surface area contributed by atoms with Gasteiger partial charge in [0.2, 0.25) is 82.7 Å². The molecule has 2 aromatic rings. The highest BCUT2D eigenvalue weighted by Gasteiger charge is 2.41. The van der Waals surface area contributed by atoms with E-state index in [0.29, 0.717) is 11.1 Å². The molecule has 38 heteroatoms. The number of phenols is 2. The zero-order valence-electron chi connectivity index (χ0n) is 53.7. The Hall–Kier alpha value is -10.4. The van der Waals surface area contributed by atoms with Gasteiger partial charge >= 0.3 is 5.97 Å². The summed E-state index contributed by atoms with van der Waals surface area (Å²) in [6.07, 6.45) is -2.22. The van der Waals surface area contributed by atoms with Crippen LogP contribution in [-0.4, -0.2) is 230 Å². The van der Waals surface area contributed by atoms with E-state index in [1.165, 1.54) is 55.5 Å². The molecule has 1 saturated heterocycles. The Balaban J connectivity index is 1.73. The van der Waals surface area contributed by atoms with Crippen LogP contribution in [0, 0.1) is 5.92 Å². The van der Waals surface area contributed by atoms with Crippen molar-refractivity contribution in [3.63, 3.8) is 0 Å². The van der Waals surface area contributed by atoms with Gasteiger partial charge in [0.15, 0.2) is 5.96 Å². The normalized spacial score (nSPS) is 15.6. The van der Waals surface area contributed by atoms with Gasteiger partial charge in [-0.15, -0.1) is 0 Å². The lowest BCUT2D eigenvalue weighted by atomic mass is 10.0. The molecule has 24 N–H and O–H groups in total. The second-order valence-electron chi connectivity index (χ2n) is 23.0. The van der Waals surface area contributed by atoms with Crippen molar-refractivity contribution in [2.45, 2.75) is 152 Å². The van der Waals surface area contributed by atoms with Crippen LogP contribution in [0.3, 0.4) is 0 Å². The zero-order chi connectivity index (χ0) is 72.8. The summed E-state index contributed by atoms with van der Waals surface area (Å²) < 4.78 is 0. The smallest absolute Gasteiger partial charge is 0.305 e. The lowest BCUT2D eigenvalue weighted by Gasteiger charge is -2.30. The molecule has 11 atom stereocenters. The maximum atomic E-state index is 14.1. The molecule has 14 amide bonds. The van der Waals surface area contributed by atoms with Crippen LogP contribution >= 0.6 is 12.6 Å². The van der Waals surface area contributed by atoms with Gasteiger partial charge in [-0.3, -0.25) is 76.9 Å². The number of amides is 14. The maximum Gasteiger partial charge on any atom is 0.305 e. The molecule has 0 unspecified atom stereocenters. The van der Waals surface area contributed by atoms with Crippen LogP contribution in [0.1, 0.15) is 83.8 Å². The second-order valence-corrected chi connectivity index (χ2v) is 23.3. The van der Waals surface area contributed by atoms with E-state index in [9.17, 15) is 97.5 Å². The number of phenolic OH excluding ortho intramolecular Hbond substituents is 2. The first-order chi connectivity index (χ1) is 45.7. The number of nitrogens with zero attached hydrogens (tertiary/aromatic N) is 2. The molecule has 1 heterocycles. The molecule has 37 nitrogen and oxygen atoms in total. The summed E-state index contributed by atoms with van der Waals surface area (Å²) in [6, 6.07) is -5.98. The van der Waals surface area contributed by atoms with Crippen LogP contribution < -0.4 is 81.4 Å². The van der Waals surface area contributed by atoms with Gasteiger partial charge in [0.1, 0.15) is 78.0 Å². The molecule has 1 aliphatic rings. The number of carboxylic acid groups (broad SMARTS) is 1. The number of thiol groups is 1. The van der Waals surface area contributed by atoms with Crippen molar-refractivity contribution in [2.24, 2.45) is 33.8 Å². The molecule has 3 rings (SSSR count). The maximum absolute atomic E-state index is 14.1. The van der Waals surface area contributed by atoms with Crippen LogP contribution in [0.4, 0.5) is 0 Å². The number of nitrogens with one attached hydrogen (secondary N) is 11. The molecule has 0 spiro atoms. The number of carboxylic acids is 1. The Morgan fingerprint density at radius 2 is 1.04 bits per heavy atom. The van der Waals surface area contributed by atoms with E-state index in [2.05, 4.69) is 76.1 Å². The number of rotatable bonds is 40. The highest BCUT2D eigenvalue weighted by Crippen LogP contribution is 2.20. The summed E-state index contributed by atoms with van der Waals surface area (Å²) in [5, 5.41) is 75.0. The summed E-state index contributed by atoms with van der Waals surface area (Å²) in [7, 11) is 0. The summed E-state index contributed by atoms with van der Waals surface area (Å²) in [6.45, 7) is 2.72. The Bertz CT molecular complexity index is 3170. The number of aliphatic carboxylic acids is 1. The Kier molecular flexibility index (Phi) is 33.5. The predicted molar refractivity (Wildman–Crippen MR) is 345 cm³/mol. The number of benzene rings is 2. The third-order valence-electron chi connectivity index (χ3n) is 14.5. The molecule has 2 aromatic carbocycles. The molecule has 534 valence electrons. The third-order valence-corrected chi connectivity index (χ3v) is 14.9. The first-order valence-corrected chi connectivity index (χ1v) is 31.1. The number of aliphatic hydroxyl groups excluding tert-OH is 2. The summed E-state index contributed by atoms with van der Waals surface area (Å²) >= 11 is 4.17. The third kappa shape index (κ3) is 28.2. The average Bonchev–Trinajstić information content (AvgIpc) is 1.78. The number of nitrogens with two attached hydrogens (primary N) is 4. The van der Waals surface area contributed by atoms with E-state index < -0.39 is 188 Å². The van der Waals surface area contributed by atoms with E-state index in [-0.39, 0.29) is 87.2 Å². The predicted octanol–water partition coefficient (Wildman–Crippen LogP) is -8.27. The summed E-state index contributed by atoms with van der Waals surface area (Å²) in [4.78, 5) is 203. The highest BCUT2D eigenvalue weighted by molar-refractivity contribution is 7.80. The van der Waals surface area contributed by atoms with Crippen LogP contribution in [0.15, 0.2) is 53.5 Å². The quantitative estimate of drug-likeness (QED) is 0.0128. The van der Waals surface area contributed by atoms with Gasteiger partial charge in [-0.25, -0.2) is 0 Å². The Labute approximate surface area is 561 Å². The summed E-state index contributed by atoms with van der Waals surface area (Å²) in [5.74, 6) is -16.9. The van der Waals surface area contributed by atoms with E-state index in [1.54, 1.807) is 0 Å². The molecule has 0 bridgehead atoms. The number of hydrogen-bond acceptors (Lipinski definition) is 21. The van der Waals surface area contributed by atoms with Crippen LogP contribution in [0.2, 0.25) is 0 Å². The average molecular weight is 1390 g/mol. The highest BCUT2D eigenvalue weighted by atomic mass is 32.1. The van der Waals surface area contributed by atoms with Gasteiger partial charge in [0.25, 0.3) is 0 Å². The van der Waals surface area contributed by atoms with Crippen molar-refractivity contribution in [1.82, 2.24) is 63.4 Å². The molecule has 0 aromatic heterocycles. The van der Waals surface area contributed by atoms with E-state index in [4.69, 9.17) is 22.9 Å². The number of carbonyl (C=O) groups excluding carboxylic acids is 14. The number of carbonyl (C=O) groups is 15. The molecular formula is C59H87N17O20S. The van der Waals surface area contributed by atoms with Crippen LogP contribution in [-0.2, 0) is 84.8 Å². The molecule has 1 aliphatic heterocycles. The molecule has 0 saturated carbocycles. The number of aliphatic hydroxyl groups is 2. The Morgan fingerprint density at radius 1 is 0.567 bits per heavy atom. The molecule has 97 heavy (non-hydrogen) atoms. The molecule has 0 radical (unpaired) electrons. The van der Waals surface area contributed by atoms with Crippen molar-refractivity contribution in [1.29, 1.82) is 0 Å². The first kappa shape index (κ1) is 80.9. The zero-order valence-corrected chi connectivity index (χ0v) is 54.6. The van der Waals surface area contributed by atoms with Gasteiger partial charge in [0.05, 0.1) is 32.6 Å². The van der Waals surface area contributed by atoms with E-state index >= 15 is 0 Å². The molecule has 1 fully saturated rings. The van der Waals surface area contributed by atoms with E-state index in [0.717, 1.165) is 11.8 Å². The van der Waals surface area contributed by atoms with Crippen molar-refractivity contribution in [3.8, 4) is 11.5 Å². The van der Waals surface area contributed by atoms with Crippen molar-refractivity contribution in [2.75, 3.05) is 38.6 Å². The first-order valence-electron chi connectivity index (χ1n) is 30.5. The van der Waals surface area contributed by atoms with Gasteiger partial charge < -0.3 is 112 Å². The van der Waals surface area contributed by atoms with Gasteiger partial charge in [0, 0.05) is 38.6 Å². The number of aliphatic imine (C=N–C) groups is 1. The minimum absolute atomic E-state index is 0.0140. The summed E-state index contributed by atoms with van der Waals surface area (Å²) in [5.41, 5.74) is 22.4. The minimum Gasteiger partial charge on any atom is -0.508 e. The number of primary amides is 2. The lowest BCUT2D eigenvalue weighted by molar-refractivity contribution is -0.144. The number of hydrogen-bond donors (Lipinski definition) is 21. The van der Waals surface area contributed by atoms with Gasteiger partial charge in [-0.05, 0) is 80.3 Å². The SMILES string of the molecule is CC(=O)N[C@@H](CC(C)C)C(=O)N[C@@H](Cc1ccc(O)cc1)C(=O)N[C@@H](CCCN=C(N)N)C(=O)N[C@@H](C)C(=O)N[C@@H](CC(N)=O)C(=O)NCC(=O)N[C@@H](CC(=O)O)C(=O)N[C@@H](CO)C(=O)N1CCC[C@H]1C(=O)N[C@@H](CS)C(=O)N[C@@H](Cc1ccc(O)cc1)C(=O)N[C@@H](CO)C(N)=O. The number of likely N-dealkylation sites (tertiary alicyclic amines) is 1. The fourth-order valence-corrected chi connectivity index (χ4v) is 9.86. The van der Waals surface area contributed by atoms with Crippen molar-refractivity contribution < 1.29 is 97.5 Å². The molecular weight excluding hydrogens is 1300 g/mol. The number of aromatic hydroxyl groups is 2. The van der Waals surface area contributed by atoms with Crippen LogP contribution in [0.25, 0.3) is 0 Å². The van der Waals surface area contributed by atoms with Crippen molar-refractivity contribution in [3.05, 3.63) is 59.7 Å².